The standard InChI is InChI=1S/C12H13FN4O.C2HF3O2/c13-11-8-2-1-3-9(12(14)18)10(8)16-17(11)7-4-5-15-6-7;3-2(4,5)1(6)7/h1-3,7,15H,4-6H2,(H2,14,18);(H,6,7). The largest absolute Gasteiger partial charge is 0.490 e. The van der Waals surface area contributed by atoms with Crippen LogP contribution in [-0.2, 0) is 4.79 Å². The molecule has 25 heavy (non-hydrogen) atoms. The van der Waals surface area contributed by atoms with Crippen molar-refractivity contribution in [1.29, 1.82) is 0 Å². The van der Waals surface area contributed by atoms with E-state index in [1.165, 1.54) is 4.68 Å². The van der Waals surface area contributed by atoms with E-state index >= 15 is 0 Å². The molecule has 11 heteroatoms. The van der Waals surface area contributed by atoms with Gasteiger partial charge in [-0.2, -0.15) is 22.7 Å². The van der Waals surface area contributed by atoms with Crippen LogP contribution in [0, 0.1) is 5.95 Å². The first-order valence-corrected chi connectivity index (χ1v) is 7.10. The maximum Gasteiger partial charge on any atom is 0.490 e. The molecule has 1 atom stereocenters. The Hall–Kier alpha value is -2.69. The third kappa shape index (κ3) is 4.05. The fourth-order valence-corrected chi connectivity index (χ4v) is 2.38. The lowest BCUT2D eigenvalue weighted by molar-refractivity contribution is -0.192. The van der Waals surface area contributed by atoms with Crippen LogP contribution in [-0.4, -0.2) is 46.0 Å². The molecule has 1 amide bonds. The van der Waals surface area contributed by atoms with Gasteiger partial charge < -0.3 is 16.2 Å². The van der Waals surface area contributed by atoms with E-state index in [4.69, 9.17) is 15.6 Å². The Labute approximate surface area is 138 Å². The second kappa shape index (κ2) is 7.05. The van der Waals surface area contributed by atoms with Crippen LogP contribution < -0.4 is 11.1 Å². The van der Waals surface area contributed by atoms with Crippen molar-refractivity contribution < 1.29 is 32.3 Å². The minimum Gasteiger partial charge on any atom is -0.475 e. The van der Waals surface area contributed by atoms with E-state index < -0.39 is 24.0 Å². The fourth-order valence-electron chi connectivity index (χ4n) is 2.38. The number of amides is 1. The number of aromatic nitrogens is 2. The Bertz CT molecular complexity index is 797. The molecule has 0 radical (unpaired) electrons. The van der Waals surface area contributed by atoms with Crippen molar-refractivity contribution in [2.45, 2.75) is 18.6 Å². The van der Waals surface area contributed by atoms with Crippen molar-refractivity contribution in [3.05, 3.63) is 29.7 Å². The van der Waals surface area contributed by atoms with E-state index in [0.29, 0.717) is 17.4 Å². The number of nitrogens with zero attached hydrogens (tertiary/aromatic N) is 2. The second-order valence-corrected chi connectivity index (χ2v) is 5.25. The summed E-state index contributed by atoms with van der Waals surface area (Å²) in [4.78, 5) is 20.2. The van der Waals surface area contributed by atoms with Crippen LogP contribution >= 0.6 is 0 Å². The monoisotopic (exact) mass is 362 g/mol. The van der Waals surface area contributed by atoms with Gasteiger partial charge >= 0.3 is 12.1 Å². The van der Waals surface area contributed by atoms with Gasteiger partial charge in [-0.05, 0) is 25.1 Å². The highest BCUT2D eigenvalue weighted by atomic mass is 19.4. The van der Waals surface area contributed by atoms with Crippen molar-refractivity contribution in [2.75, 3.05) is 13.1 Å². The molecule has 1 aromatic heterocycles. The highest BCUT2D eigenvalue weighted by molar-refractivity contribution is 6.04. The highest BCUT2D eigenvalue weighted by Crippen LogP contribution is 2.25. The van der Waals surface area contributed by atoms with E-state index in [2.05, 4.69) is 10.4 Å². The molecule has 1 aliphatic rings. The lowest BCUT2D eigenvalue weighted by Crippen LogP contribution is -2.21. The molecule has 7 nitrogen and oxygen atoms in total. The smallest absolute Gasteiger partial charge is 0.475 e. The van der Waals surface area contributed by atoms with Gasteiger partial charge in [0.1, 0.15) is 5.52 Å². The van der Waals surface area contributed by atoms with Gasteiger partial charge in [-0.1, -0.05) is 6.07 Å². The quantitative estimate of drug-likeness (QED) is 0.701. The van der Waals surface area contributed by atoms with Crippen molar-refractivity contribution in [2.24, 2.45) is 5.73 Å². The SMILES string of the molecule is NC(=O)c1cccc2c(F)n(C3CCNC3)nc12.O=C(O)C(F)(F)F. The first-order chi connectivity index (χ1) is 11.6. The summed E-state index contributed by atoms with van der Waals surface area (Å²) >= 11 is 0. The molecule has 0 aliphatic carbocycles. The van der Waals surface area contributed by atoms with Gasteiger partial charge in [-0.3, -0.25) is 4.79 Å². The summed E-state index contributed by atoms with van der Waals surface area (Å²) in [7, 11) is 0. The maximum atomic E-state index is 14.2. The number of carbonyl (C=O) groups excluding carboxylic acids is 1. The fraction of sp³-hybridized carbons (Fsp3) is 0.357. The van der Waals surface area contributed by atoms with Crippen LogP contribution in [0.5, 0.6) is 0 Å². The molecule has 0 saturated carbocycles. The van der Waals surface area contributed by atoms with Crippen LogP contribution in [0.4, 0.5) is 17.6 Å². The number of alkyl halides is 3. The molecule has 1 aromatic carbocycles. The Morgan fingerprint density at radius 2 is 2.00 bits per heavy atom. The summed E-state index contributed by atoms with van der Waals surface area (Å²) < 4.78 is 47.3. The molecular formula is C14H14F4N4O3. The van der Waals surface area contributed by atoms with Crippen LogP contribution in [0.1, 0.15) is 22.8 Å². The van der Waals surface area contributed by atoms with Crippen molar-refractivity contribution >= 4 is 22.8 Å². The average Bonchev–Trinajstić information content (AvgIpc) is 3.15. The topological polar surface area (TPSA) is 110 Å². The lowest BCUT2D eigenvalue weighted by Gasteiger charge is -2.08. The number of aliphatic carboxylic acids is 1. The predicted octanol–water partition coefficient (Wildman–Crippen LogP) is 1.44. The van der Waals surface area contributed by atoms with Gasteiger partial charge in [0.05, 0.1) is 17.0 Å². The summed E-state index contributed by atoms with van der Waals surface area (Å²) in [5.41, 5.74) is 5.87. The molecular weight excluding hydrogens is 348 g/mol. The molecule has 2 aromatic rings. The number of hydrogen-bond donors (Lipinski definition) is 3. The average molecular weight is 362 g/mol. The van der Waals surface area contributed by atoms with Gasteiger partial charge in [0.15, 0.2) is 0 Å². The van der Waals surface area contributed by atoms with Crippen LogP contribution in [0.25, 0.3) is 10.9 Å². The molecule has 4 N–H and O–H groups in total. The highest BCUT2D eigenvalue weighted by Gasteiger charge is 2.38. The van der Waals surface area contributed by atoms with Gasteiger partial charge in [0, 0.05) is 6.54 Å². The zero-order valence-electron chi connectivity index (χ0n) is 12.7. The minimum atomic E-state index is -5.08. The Kier molecular flexibility index (Phi) is 5.26. The van der Waals surface area contributed by atoms with Crippen LogP contribution in [0.15, 0.2) is 18.2 Å². The van der Waals surface area contributed by atoms with E-state index in [1.807, 2.05) is 0 Å². The molecule has 1 aliphatic heterocycles. The summed E-state index contributed by atoms with van der Waals surface area (Å²) in [5, 5.41) is 14.8. The maximum absolute atomic E-state index is 14.2. The molecule has 2 heterocycles. The van der Waals surface area contributed by atoms with Gasteiger partial charge in [0.25, 0.3) is 5.91 Å². The van der Waals surface area contributed by atoms with E-state index in [-0.39, 0.29) is 11.6 Å². The number of nitrogens with two attached hydrogens (primary N) is 1. The van der Waals surface area contributed by atoms with Crippen LogP contribution in [0.2, 0.25) is 0 Å². The molecule has 3 rings (SSSR count). The van der Waals surface area contributed by atoms with Crippen molar-refractivity contribution in [1.82, 2.24) is 15.1 Å². The number of rotatable bonds is 2. The Morgan fingerprint density at radius 3 is 2.48 bits per heavy atom. The number of fused-ring (bicyclic) bond motifs is 1. The van der Waals surface area contributed by atoms with Gasteiger partial charge in [-0.25, -0.2) is 9.48 Å². The minimum absolute atomic E-state index is 0.00173. The zero-order chi connectivity index (χ0) is 18.8. The zero-order valence-corrected chi connectivity index (χ0v) is 12.7. The second-order valence-electron chi connectivity index (χ2n) is 5.25. The number of nitrogens with one attached hydrogen (secondary N) is 1. The summed E-state index contributed by atoms with van der Waals surface area (Å²) in [6, 6.07) is 4.79. The number of carboxylic acids is 1. The van der Waals surface area contributed by atoms with Crippen LogP contribution in [0.3, 0.4) is 0 Å². The number of carboxylic acid groups (broad SMARTS) is 1. The first kappa shape index (κ1) is 18.6. The summed E-state index contributed by atoms with van der Waals surface area (Å²) in [6.07, 6.45) is -4.25. The molecule has 1 saturated heterocycles. The number of primary amides is 1. The van der Waals surface area contributed by atoms with Crippen molar-refractivity contribution in [3.8, 4) is 0 Å². The van der Waals surface area contributed by atoms with Crippen molar-refractivity contribution in [3.63, 3.8) is 0 Å². The third-order valence-corrected chi connectivity index (χ3v) is 3.56. The van der Waals surface area contributed by atoms with Gasteiger partial charge in [0.2, 0.25) is 5.95 Å². The third-order valence-electron chi connectivity index (χ3n) is 3.56. The Balaban J connectivity index is 0.000000277. The van der Waals surface area contributed by atoms with E-state index in [1.54, 1.807) is 18.2 Å². The molecule has 1 unspecified atom stereocenters. The number of benzene rings is 1. The number of hydrogen-bond acceptors (Lipinski definition) is 4. The summed E-state index contributed by atoms with van der Waals surface area (Å²) in [6.45, 7) is 1.54. The molecule has 1 fully saturated rings. The molecule has 136 valence electrons. The Morgan fingerprint density at radius 1 is 1.36 bits per heavy atom. The van der Waals surface area contributed by atoms with E-state index in [0.717, 1.165) is 13.0 Å². The van der Waals surface area contributed by atoms with Gasteiger partial charge in [-0.15, -0.1) is 0 Å². The molecule has 0 spiro atoms. The molecule has 0 bridgehead atoms. The first-order valence-electron chi connectivity index (χ1n) is 7.10. The number of carbonyl (C=O) groups is 2. The number of halogens is 4. The normalized spacial score (nSPS) is 17.2. The lowest BCUT2D eigenvalue weighted by atomic mass is 10.1. The van der Waals surface area contributed by atoms with E-state index in [9.17, 15) is 22.4 Å². The summed E-state index contributed by atoms with van der Waals surface area (Å²) in [5.74, 6) is -3.75. The predicted molar refractivity (Wildman–Crippen MR) is 78.4 cm³/mol.